The fourth-order valence-corrected chi connectivity index (χ4v) is 6.60. The lowest BCUT2D eigenvalue weighted by Crippen LogP contribution is -2.46. The van der Waals surface area contributed by atoms with Gasteiger partial charge >= 0.3 is 0 Å². The van der Waals surface area contributed by atoms with Crippen LogP contribution in [0.15, 0.2) is 85.2 Å². The summed E-state index contributed by atoms with van der Waals surface area (Å²) in [7, 11) is -2.47. The fraction of sp³-hybridized carbons (Fsp3) is 0.368. The largest absolute Gasteiger partial charge is 0.389 e. The van der Waals surface area contributed by atoms with Crippen molar-refractivity contribution in [3.63, 3.8) is 0 Å². The zero-order chi connectivity index (χ0) is 37.4. The van der Waals surface area contributed by atoms with Gasteiger partial charge in [-0.3, -0.25) is 23.4 Å². The number of aromatic nitrogens is 2. The van der Waals surface area contributed by atoms with Gasteiger partial charge in [-0.1, -0.05) is 55.3 Å². The maximum absolute atomic E-state index is 13.9. The Hall–Kier alpha value is -5.08. The van der Waals surface area contributed by atoms with Crippen LogP contribution in [0.3, 0.4) is 0 Å². The van der Waals surface area contributed by atoms with Crippen molar-refractivity contribution in [3.05, 3.63) is 119 Å². The van der Waals surface area contributed by atoms with Gasteiger partial charge < -0.3 is 20.6 Å². The van der Waals surface area contributed by atoms with Crippen molar-refractivity contribution >= 4 is 33.4 Å². The highest BCUT2D eigenvalue weighted by molar-refractivity contribution is 7.92. The van der Waals surface area contributed by atoms with Gasteiger partial charge in [-0.15, -0.1) is 0 Å². The average Bonchev–Trinajstić information content (AvgIpc) is 3.42. The smallest absolute Gasteiger partial charge is 0.257 e. The van der Waals surface area contributed by atoms with E-state index in [0.717, 1.165) is 41.8 Å². The third kappa shape index (κ3) is 10.0. The Morgan fingerprint density at radius 3 is 2.13 bits per heavy atom. The summed E-state index contributed by atoms with van der Waals surface area (Å²) in [6.45, 7) is 3.07. The topological polar surface area (TPSA) is 154 Å². The zero-order valence-electron chi connectivity index (χ0n) is 29.5. The van der Waals surface area contributed by atoms with Crippen molar-refractivity contribution < 1.29 is 32.3 Å². The number of halogens is 1. The second-order valence-corrected chi connectivity index (χ2v) is 15.3. The van der Waals surface area contributed by atoms with Crippen molar-refractivity contribution in [1.82, 2.24) is 25.3 Å². The molecule has 3 atom stereocenters. The van der Waals surface area contributed by atoms with Crippen LogP contribution in [-0.4, -0.2) is 84.5 Å². The molecule has 4 aromatic rings. The monoisotopic (exact) mass is 732 g/mol. The van der Waals surface area contributed by atoms with Gasteiger partial charge in [0.05, 0.1) is 48.4 Å². The molecule has 0 spiro atoms. The summed E-state index contributed by atoms with van der Waals surface area (Å²) in [6, 6.07) is 17.6. The van der Waals surface area contributed by atoms with Crippen LogP contribution in [0.25, 0.3) is 0 Å². The van der Waals surface area contributed by atoms with Gasteiger partial charge in [-0.25, -0.2) is 12.8 Å². The third-order valence-electron chi connectivity index (χ3n) is 9.25. The van der Waals surface area contributed by atoms with Crippen LogP contribution in [0.2, 0.25) is 0 Å². The molecule has 1 fully saturated rings. The highest BCUT2D eigenvalue weighted by Gasteiger charge is 2.26. The second-order valence-electron chi connectivity index (χ2n) is 13.2. The summed E-state index contributed by atoms with van der Waals surface area (Å²) < 4.78 is 40.9. The number of nitrogens with zero attached hydrogens (tertiary/aromatic N) is 4. The predicted molar refractivity (Wildman–Crippen MR) is 196 cm³/mol. The molecule has 0 radical (unpaired) electrons. The Labute approximate surface area is 303 Å². The lowest BCUT2D eigenvalue weighted by atomic mass is 10.00. The lowest BCUT2D eigenvalue weighted by Gasteiger charge is -2.25. The number of carbonyl (C=O) groups excluding carboxylic acids is 3. The molecule has 1 aliphatic heterocycles. The molecular weight excluding hydrogens is 688 g/mol. The first-order valence-electron chi connectivity index (χ1n) is 17.3. The molecule has 3 amide bonds. The van der Waals surface area contributed by atoms with Crippen LogP contribution in [0.1, 0.15) is 80.8 Å². The number of benzene rings is 3. The molecule has 1 aromatic heterocycles. The predicted octanol–water partition coefficient (Wildman–Crippen LogP) is 4.33. The molecule has 276 valence electrons. The van der Waals surface area contributed by atoms with Crippen LogP contribution in [0.5, 0.6) is 0 Å². The number of rotatable bonds is 13. The lowest BCUT2D eigenvalue weighted by molar-refractivity contribution is 0.0760. The number of nitrogens with one attached hydrogen (secondary N) is 2. The van der Waals surface area contributed by atoms with E-state index in [2.05, 4.69) is 15.7 Å². The molecule has 12 nitrogen and oxygen atoms in total. The molecular formula is C38H45FN6O6S. The minimum absolute atomic E-state index is 0.0118. The Morgan fingerprint density at radius 2 is 1.52 bits per heavy atom. The number of amides is 3. The van der Waals surface area contributed by atoms with Crippen LogP contribution in [0.4, 0.5) is 10.1 Å². The Balaban J connectivity index is 1.39. The molecule has 3 aromatic carbocycles. The standard InChI is InChI=1S/C38H45FN6O6S/c1-26(28-13-15-32(39)16-14-28)41-36(47)29-20-30(22-33(21-29)43(2)52(3,50)51)37(48)42-34(19-27-11-7-6-8-12-27)35(46)25-45-24-31(23-40-45)38(49)44-17-9-4-5-10-18-44/h6-8,11-16,20-24,26,34-35,46H,4-5,9-10,17-19,25H2,1-3H3,(H,41,47)(H,42,48)/t26-,34+,35+/m1/s1. The van der Waals surface area contributed by atoms with Crippen LogP contribution in [-0.2, 0) is 23.0 Å². The zero-order valence-corrected chi connectivity index (χ0v) is 30.4. The molecule has 0 aliphatic carbocycles. The van der Waals surface area contributed by atoms with Crippen molar-refractivity contribution in [2.75, 3.05) is 30.7 Å². The fourth-order valence-electron chi connectivity index (χ4n) is 6.11. The van der Waals surface area contributed by atoms with E-state index in [1.807, 2.05) is 35.2 Å². The van der Waals surface area contributed by atoms with Crippen molar-refractivity contribution in [3.8, 4) is 0 Å². The van der Waals surface area contributed by atoms with Gasteiger partial charge in [0, 0.05) is 37.5 Å². The minimum Gasteiger partial charge on any atom is -0.389 e. The molecule has 0 saturated carbocycles. The first-order chi connectivity index (χ1) is 24.8. The molecule has 1 aliphatic rings. The molecule has 3 N–H and O–H groups in total. The quantitative estimate of drug-likeness (QED) is 0.185. The summed E-state index contributed by atoms with van der Waals surface area (Å²) >= 11 is 0. The van der Waals surface area contributed by atoms with E-state index in [4.69, 9.17) is 0 Å². The molecule has 5 rings (SSSR count). The number of hydrogen-bond donors (Lipinski definition) is 3. The van der Waals surface area contributed by atoms with E-state index in [1.165, 1.54) is 48.3 Å². The molecule has 14 heteroatoms. The van der Waals surface area contributed by atoms with E-state index < -0.39 is 45.8 Å². The molecule has 52 heavy (non-hydrogen) atoms. The number of carbonyl (C=O) groups is 3. The van der Waals surface area contributed by atoms with E-state index in [1.54, 1.807) is 25.3 Å². The van der Waals surface area contributed by atoms with Crippen molar-refractivity contribution in [2.24, 2.45) is 0 Å². The number of aliphatic hydroxyl groups excluding tert-OH is 1. The number of hydrogen-bond acceptors (Lipinski definition) is 7. The number of anilines is 1. The second kappa shape index (κ2) is 17.0. The van der Waals surface area contributed by atoms with Crippen LogP contribution in [0, 0.1) is 5.82 Å². The van der Waals surface area contributed by atoms with E-state index in [-0.39, 0.29) is 35.7 Å². The van der Waals surface area contributed by atoms with Gasteiger partial charge in [0.15, 0.2) is 0 Å². The van der Waals surface area contributed by atoms with Gasteiger partial charge in [0.25, 0.3) is 17.7 Å². The number of likely N-dealkylation sites (tertiary alicyclic amines) is 1. The molecule has 1 saturated heterocycles. The summed E-state index contributed by atoms with van der Waals surface area (Å²) in [5.74, 6) is -1.76. The van der Waals surface area contributed by atoms with Crippen LogP contribution >= 0.6 is 0 Å². The molecule has 0 bridgehead atoms. The van der Waals surface area contributed by atoms with Crippen LogP contribution < -0.4 is 14.9 Å². The maximum atomic E-state index is 13.9. The van der Waals surface area contributed by atoms with E-state index >= 15 is 0 Å². The Kier molecular flexibility index (Phi) is 12.4. The van der Waals surface area contributed by atoms with E-state index in [9.17, 15) is 32.3 Å². The first kappa shape index (κ1) is 38.2. The Morgan fingerprint density at radius 1 is 0.904 bits per heavy atom. The first-order valence-corrected chi connectivity index (χ1v) is 19.1. The number of aliphatic hydroxyl groups is 1. The van der Waals surface area contributed by atoms with Crippen molar-refractivity contribution in [1.29, 1.82) is 0 Å². The molecule has 2 heterocycles. The summed E-state index contributed by atoms with van der Waals surface area (Å²) in [5.41, 5.74) is 1.99. The van der Waals surface area contributed by atoms with Gasteiger partial charge in [-0.2, -0.15) is 5.10 Å². The summed E-state index contributed by atoms with van der Waals surface area (Å²) in [5, 5.41) is 21.6. The third-order valence-corrected chi connectivity index (χ3v) is 10.5. The Bertz CT molecular complexity index is 1960. The average molecular weight is 733 g/mol. The summed E-state index contributed by atoms with van der Waals surface area (Å²) in [6.07, 6.45) is 7.25. The minimum atomic E-state index is -3.78. The van der Waals surface area contributed by atoms with Gasteiger partial charge in [0.1, 0.15) is 5.82 Å². The highest BCUT2D eigenvalue weighted by atomic mass is 32.2. The summed E-state index contributed by atoms with van der Waals surface area (Å²) in [4.78, 5) is 42.4. The normalized spacial score (nSPS) is 15.2. The highest BCUT2D eigenvalue weighted by Crippen LogP contribution is 2.23. The number of sulfonamides is 1. The van der Waals surface area contributed by atoms with Gasteiger partial charge in [-0.05, 0) is 67.6 Å². The maximum Gasteiger partial charge on any atom is 0.257 e. The SMILES string of the molecule is C[C@@H](NC(=O)c1cc(C(=O)N[C@@H](Cc2ccccc2)[C@@H](O)Cn2cc(C(=O)N3CCCCCC3)cn2)cc(N(C)S(C)(=O)=O)c1)c1ccc(F)cc1. The van der Waals surface area contributed by atoms with Crippen molar-refractivity contribution in [2.45, 2.75) is 63.8 Å². The molecule has 0 unspecified atom stereocenters. The van der Waals surface area contributed by atoms with E-state index in [0.29, 0.717) is 24.2 Å². The van der Waals surface area contributed by atoms with Gasteiger partial charge in [0.2, 0.25) is 10.0 Å².